The summed E-state index contributed by atoms with van der Waals surface area (Å²) in [7, 11) is 0. The molecule has 10 aromatic rings. The van der Waals surface area contributed by atoms with Crippen LogP contribution in [0.2, 0.25) is 0 Å². The van der Waals surface area contributed by atoms with Crippen molar-refractivity contribution in [1.29, 1.82) is 0 Å². The van der Waals surface area contributed by atoms with Crippen molar-refractivity contribution in [3.05, 3.63) is 164 Å². The molecule has 0 saturated heterocycles. The highest BCUT2D eigenvalue weighted by Crippen LogP contribution is 2.40. The number of pyridine rings is 1. The van der Waals surface area contributed by atoms with Gasteiger partial charge in [-0.05, 0) is 46.9 Å². The van der Waals surface area contributed by atoms with E-state index in [1.54, 1.807) is 0 Å². The van der Waals surface area contributed by atoms with E-state index in [4.69, 9.17) is 19.4 Å². The number of fused-ring (bicyclic) bond motifs is 6. The maximum absolute atomic E-state index is 6.45. The molecular weight excluding hydrogens is 663 g/mol. The lowest BCUT2D eigenvalue weighted by atomic mass is 9.87. The number of rotatable bonds is 5. The lowest BCUT2D eigenvalue weighted by Gasteiger charge is -2.19. The third kappa shape index (κ3) is 5.26. The van der Waals surface area contributed by atoms with Gasteiger partial charge in [0, 0.05) is 50.0 Å². The molecule has 6 aromatic carbocycles. The van der Waals surface area contributed by atoms with E-state index in [2.05, 4.69) is 127 Å². The third-order valence-corrected chi connectivity index (χ3v) is 10.3. The van der Waals surface area contributed by atoms with Crippen molar-refractivity contribution in [3.63, 3.8) is 0 Å². The topological polar surface area (TPSA) is 69.6 Å². The monoisotopic (exact) mass is 697 g/mol. The molecule has 6 heteroatoms. The minimum atomic E-state index is 0.0355. The van der Waals surface area contributed by atoms with Crippen LogP contribution in [0.1, 0.15) is 26.3 Å². The molecular formula is C48H35N5O. The summed E-state index contributed by atoms with van der Waals surface area (Å²) in [4.78, 5) is 19.9. The Labute approximate surface area is 312 Å². The van der Waals surface area contributed by atoms with Crippen molar-refractivity contribution in [2.24, 2.45) is 0 Å². The zero-order chi connectivity index (χ0) is 36.4. The summed E-state index contributed by atoms with van der Waals surface area (Å²) in [5.41, 5.74) is 10.9. The van der Waals surface area contributed by atoms with Crippen LogP contribution in [0.15, 0.2) is 162 Å². The Hall–Kier alpha value is -6.92. The SMILES string of the molecule is CC(C)(C)c1ccc(-c2nc(-c3ccccc3)nc(-c3ccncc3-n3c4ccccc4c4cc(-c5cccc6c5oc5ccccc56)ccc43)n2)cc1. The summed E-state index contributed by atoms with van der Waals surface area (Å²) in [5, 5.41) is 4.50. The standard InChI is InChI=1S/C48H35N5O/c1-48(2,3)33-23-20-31(21-24-33)46-50-45(30-12-5-4-6-13-30)51-47(52-46)38-26-27-49-29-42(38)53-40-18-9-7-14-35(40)39-28-32(22-25-41(39)53)34-16-11-17-37-36-15-8-10-19-43(36)54-44(34)37/h4-29H,1-3H3. The quantitative estimate of drug-likeness (QED) is 0.179. The van der Waals surface area contributed by atoms with Gasteiger partial charge in [-0.15, -0.1) is 0 Å². The molecule has 0 aliphatic rings. The molecule has 0 aliphatic heterocycles. The fourth-order valence-corrected chi connectivity index (χ4v) is 7.59. The lowest BCUT2D eigenvalue weighted by Crippen LogP contribution is -2.10. The molecule has 258 valence electrons. The van der Waals surface area contributed by atoms with Gasteiger partial charge >= 0.3 is 0 Å². The number of aromatic nitrogens is 5. The molecule has 0 aliphatic carbocycles. The van der Waals surface area contributed by atoms with E-state index in [0.717, 1.165) is 77.2 Å². The summed E-state index contributed by atoms with van der Waals surface area (Å²) >= 11 is 0. The second-order valence-electron chi connectivity index (χ2n) is 14.8. The molecule has 0 fully saturated rings. The average Bonchev–Trinajstić information content (AvgIpc) is 3.76. The fourth-order valence-electron chi connectivity index (χ4n) is 7.59. The Morgan fingerprint density at radius 1 is 0.500 bits per heavy atom. The first-order chi connectivity index (χ1) is 26.4. The number of hydrogen-bond donors (Lipinski definition) is 0. The van der Waals surface area contributed by atoms with E-state index in [-0.39, 0.29) is 5.41 Å². The van der Waals surface area contributed by atoms with Crippen LogP contribution in [0.3, 0.4) is 0 Å². The normalized spacial score (nSPS) is 12.0. The Morgan fingerprint density at radius 3 is 1.94 bits per heavy atom. The first-order valence-electron chi connectivity index (χ1n) is 18.2. The molecule has 0 atom stereocenters. The van der Waals surface area contributed by atoms with Crippen LogP contribution < -0.4 is 0 Å². The van der Waals surface area contributed by atoms with Crippen molar-refractivity contribution in [2.45, 2.75) is 26.2 Å². The van der Waals surface area contributed by atoms with Gasteiger partial charge < -0.3 is 8.98 Å². The van der Waals surface area contributed by atoms with E-state index < -0.39 is 0 Å². The van der Waals surface area contributed by atoms with E-state index in [1.165, 1.54) is 5.56 Å². The second-order valence-corrected chi connectivity index (χ2v) is 14.8. The number of nitrogens with zero attached hydrogens (tertiary/aromatic N) is 5. The van der Waals surface area contributed by atoms with E-state index in [0.29, 0.717) is 17.5 Å². The predicted octanol–water partition coefficient (Wildman–Crippen LogP) is 12.2. The highest BCUT2D eigenvalue weighted by molar-refractivity contribution is 6.13. The molecule has 4 heterocycles. The molecule has 4 aromatic heterocycles. The minimum Gasteiger partial charge on any atom is -0.455 e. The smallest absolute Gasteiger partial charge is 0.166 e. The molecule has 0 unspecified atom stereocenters. The molecule has 0 saturated carbocycles. The molecule has 0 N–H and O–H groups in total. The van der Waals surface area contributed by atoms with Crippen molar-refractivity contribution in [1.82, 2.24) is 24.5 Å². The third-order valence-electron chi connectivity index (χ3n) is 10.3. The molecule has 10 rings (SSSR count). The van der Waals surface area contributed by atoms with E-state index in [9.17, 15) is 0 Å². The molecule has 0 bridgehead atoms. The second kappa shape index (κ2) is 12.3. The Balaban J connectivity index is 1.17. The van der Waals surface area contributed by atoms with Crippen LogP contribution in [0.25, 0.3) is 94.7 Å². The average molecular weight is 698 g/mol. The van der Waals surface area contributed by atoms with Crippen LogP contribution in [-0.4, -0.2) is 24.5 Å². The first-order valence-corrected chi connectivity index (χ1v) is 18.2. The van der Waals surface area contributed by atoms with Crippen molar-refractivity contribution in [2.75, 3.05) is 0 Å². The maximum Gasteiger partial charge on any atom is 0.166 e. The number of furan rings is 1. The Kier molecular flexibility index (Phi) is 7.27. The van der Waals surface area contributed by atoms with Crippen molar-refractivity contribution < 1.29 is 4.42 Å². The first kappa shape index (κ1) is 31.8. The van der Waals surface area contributed by atoms with Gasteiger partial charge in [0.2, 0.25) is 0 Å². The van der Waals surface area contributed by atoms with Gasteiger partial charge in [0.05, 0.1) is 22.9 Å². The van der Waals surface area contributed by atoms with E-state index >= 15 is 0 Å². The van der Waals surface area contributed by atoms with Crippen LogP contribution in [-0.2, 0) is 5.41 Å². The largest absolute Gasteiger partial charge is 0.455 e. The van der Waals surface area contributed by atoms with Crippen LogP contribution in [0.4, 0.5) is 0 Å². The summed E-state index contributed by atoms with van der Waals surface area (Å²) in [6.45, 7) is 6.66. The highest BCUT2D eigenvalue weighted by atomic mass is 16.3. The van der Waals surface area contributed by atoms with Gasteiger partial charge in [-0.2, -0.15) is 0 Å². The van der Waals surface area contributed by atoms with E-state index in [1.807, 2.05) is 60.9 Å². The molecule has 0 radical (unpaired) electrons. The Bertz CT molecular complexity index is 3020. The van der Waals surface area contributed by atoms with Crippen LogP contribution in [0.5, 0.6) is 0 Å². The van der Waals surface area contributed by atoms with Crippen molar-refractivity contribution in [3.8, 4) is 51.0 Å². The van der Waals surface area contributed by atoms with Crippen LogP contribution >= 0.6 is 0 Å². The predicted molar refractivity (Wildman–Crippen MR) is 220 cm³/mol. The zero-order valence-electron chi connectivity index (χ0n) is 30.2. The molecule has 54 heavy (non-hydrogen) atoms. The van der Waals surface area contributed by atoms with Gasteiger partial charge in [0.1, 0.15) is 11.2 Å². The maximum atomic E-state index is 6.45. The molecule has 0 amide bonds. The summed E-state index contributed by atoms with van der Waals surface area (Å²) in [6.07, 6.45) is 3.72. The Morgan fingerprint density at radius 2 is 1.15 bits per heavy atom. The van der Waals surface area contributed by atoms with Gasteiger partial charge in [0.15, 0.2) is 17.5 Å². The molecule has 6 nitrogen and oxygen atoms in total. The summed E-state index contributed by atoms with van der Waals surface area (Å²) in [6, 6.07) is 50.5. The number of benzene rings is 6. The van der Waals surface area contributed by atoms with Gasteiger partial charge in [-0.3, -0.25) is 4.98 Å². The number of para-hydroxylation sites is 3. The fraction of sp³-hybridized carbons (Fsp3) is 0.0833. The van der Waals surface area contributed by atoms with Crippen molar-refractivity contribution >= 4 is 43.7 Å². The zero-order valence-corrected chi connectivity index (χ0v) is 30.2. The van der Waals surface area contributed by atoms with Gasteiger partial charge in [-0.25, -0.2) is 15.0 Å². The van der Waals surface area contributed by atoms with Gasteiger partial charge in [-0.1, -0.05) is 136 Å². The highest BCUT2D eigenvalue weighted by Gasteiger charge is 2.21. The summed E-state index contributed by atoms with van der Waals surface area (Å²) < 4.78 is 8.73. The lowest BCUT2D eigenvalue weighted by molar-refractivity contribution is 0.590. The molecule has 0 spiro atoms. The van der Waals surface area contributed by atoms with Crippen LogP contribution in [0, 0.1) is 0 Å². The summed E-state index contributed by atoms with van der Waals surface area (Å²) in [5.74, 6) is 1.81. The number of hydrogen-bond acceptors (Lipinski definition) is 5. The minimum absolute atomic E-state index is 0.0355. The van der Waals surface area contributed by atoms with Gasteiger partial charge in [0.25, 0.3) is 0 Å².